The molecule has 1 aromatic heterocycles. The summed E-state index contributed by atoms with van der Waals surface area (Å²) in [5, 5.41) is 15.1. The van der Waals surface area contributed by atoms with E-state index in [4.69, 9.17) is 0 Å². The lowest BCUT2D eigenvalue weighted by Crippen LogP contribution is -2.24. The van der Waals surface area contributed by atoms with Crippen molar-refractivity contribution in [1.82, 2.24) is 10.3 Å². The molecule has 0 aliphatic rings. The third-order valence-corrected chi connectivity index (χ3v) is 2.89. The Balaban J connectivity index is 1.94. The van der Waals surface area contributed by atoms with Gasteiger partial charge in [-0.1, -0.05) is 30.3 Å². The average Bonchev–Trinajstić information content (AvgIpc) is 2.52. The standard InChI is InChI=1S/C16H19N3O2/c1-12(20)10-18-14-7-8-17-15(9-14)16(21)19-11-13-5-3-2-4-6-13/h2-9,12,20H,10-11H2,1H3,(H,17,18)(H,19,21)/t12-/m1/s1. The van der Waals surface area contributed by atoms with E-state index >= 15 is 0 Å². The summed E-state index contributed by atoms with van der Waals surface area (Å²) in [4.78, 5) is 16.1. The van der Waals surface area contributed by atoms with Gasteiger partial charge in [-0.05, 0) is 24.6 Å². The topological polar surface area (TPSA) is 74.2 Å². The summed E-state index contributed by atoms with van der Waals surface area (Å²) in [6.45, 7) is 2.59. The first-order valence-electron chi connectivity index (χ1n) is 6.85. The van der Waals surface area contributed by atoms with Crippen LogP contribution in [0.15, 0.2) is 48.7 Å². The molecular weight excluding hydrogens is 266 g/mol. The molecule has 0 saturated heterocycles. The predicted octanol–water partition coefficient (Wildman–Crippen LogP) is 1.80. The number of amides is 1. The van der Waals surface area contributed by atoms with Crippen molar-refractivity contribution in [2.45, 2.75) is 19.6 Å². The molecule has 0 spiro atoms. The average molecular weight is 285 g/mol. The van der Waals surface area contributed by atoms with Crippen LogP contribution in [0.1, 0.15) is 23.0 Å². The van der Waals surface area contributed by atoms with Crippen molar-refractivity contribution in [2.75, 3.05) is 11.9 Å². The largest absolute Gasteiger partial charge is 0.392 e. The second kappa shape index (κ2) is 7.40. The zero-order chi connectivity index (χ0) is 15.1. The van der Waals surface area contributed by atoms with E-state index in [0.29, 0.717) is 18.8 Å². The van der Waals surface area contributed by atoms with Crippen molar-refractivity contribution < 1.29 is 9.90 Å². The number of hydrogen-bond donors (Lipinski definition) is 3. The molecule has 110 valence electrons. The number of aliphatic hydroxyl groups is 1. The Morgan fingerprint density at radius 1 is 1.29 bits per heavy atom. The van der Waals surface area contributed by atoms with Gasteiger partial charge < -0.3 is 15.7 Å². The van der Waals surface area contributed by atoms with Crippen LogP contribution in [0.5, 0.6) is 0 Å². The van der Waals surface area contributed by atoms with Gasteiger partial charge in [-0.3, -0.25) is 9.78 Å². The fourth-order valence-electron chi connectivity index (χ4n) is 1.80. The number of anilines is 1. The summed E-state index contributed by atoms with van der Waals surface area (Å²) in [5.74, 6) is -0.223. The molecule has 1 atom stereocenters. The Hall–Kier alpha value is -2.40. The van der Waals surface area contributed by atoms with Crippen LogP contribution in [-0.4, -0.2) is 28.6 Å². The van der Waals surface area contributed by atoms with Gasteiger partial charge in [0.1, 0.15) is 5.69 Å². The molecule has 5 nitrogen and oxygen atoms in total. The van der Waals surface area contributed by atoms with E-state index in [0.717, 1.165) is 11.3 Å². The molecule has 0 aliphatic carbocycles. The molecule has 0 bridgehead atoms. The maximum Gasteiger partial charge on any atom is 0.270 e. The summed E-state index contributed by atoms with van der Waals surface area (Å²) in [6, 6.07) is 13.1. The summed E-state index contributed by atoms with van der Waals surface area (Å²) in [7, 11) is 0. The van der Waals surface area contributed by atoms with E-state index in [1.807, 2.05) is 30.3 Å². The molecule has 2 rings (SSSR count). The van der Waals surface area contributed by atoms with Crippen LogP contribution >= 0.6 is 0 Å². The first-order valence-corrected chi connectivity index (χ1v) is 6.85. The summed E-state index contributed by atoms with van der Waals surface area (Å²) in [6.07, 6.45) is 1.12. The Morgan fingerprint density at radius 3 is 2.76 bits per heavy atom. The number of rotatable bonds is 6. The zero-order valence-electron chi connectivity index (χ0n) is 11.9. The Kier molecular flexibility index (Phi) is 5.29. The minimum atomic E-state index is -0.450. The van der Waals surface area contributed by atoms with E-state index in [9.17, 15) is 9.90 Å². The molecule has 2 aromatic rings. The molecular formula is C16H19N3O2. The van der Waals surface area contributed by atoms with Crippen molar-refractivity contribution >= 4 is 11.6 Å². The maximum atomic E-state index is 12.1. The molecule has 3 N–H and O–H groups in total. The van der Waals surface area contributed by atoms with Gasteiger partial charge in [-0.2, -0.15) is 0 Å². The number of pyridine rings is 1. The van der Waals surface area contributed by atoms with Gasteiger partial charge in [0.2, 0.25) is 0 Å². The van der Waals surface area contributed by atoms with E-state index in [-0.39, 0.29) is 5.91 Å². The second-order valence-corrected chi connectivity index (χ2v) is 4.83. The summed E-state index contributed by atoms with van der Waals surface area (Å²) < 4.78 is 0. The number of aromatic nitrogens is 1. The SMILES string of the molecule is C[C@@H](O)CNc1ccnc(C(=O)NCc2ccccc2)c1. The molecule has 0 radical (unpaired) electrons. The zero-order valence-corrected chi connectivity index (χ0v) is 11.9. The fraction of sp³-hybridized carbons (Fsp3) is 0.250. The molecule has 1 amide bonds. The Labute approximate surface area is 124 Å². The highest BCUT2D eigenvalue weighted by atomic mass is 16.3. The highest BCUT2D eigenvalue weighted by Gasteiger charge is 2.08. The van der Waals surface area contributed by atoms with Gasteiger partial charge in [0.25, 0.3) is 5.91 Å². The van der Waals surface area contributed by atoms with Crippen LogP contribution in [0.3, 0.4) is 0 Å². The Morgan fingerprint density at radius 2 is 2.05 bits per heavy atom. The van der Waals surface area contributed by atoms with Crippen LogP contribution < -0.4 is 10.6 Å². The highest BCUT2D eigenvalue weighted by molar-refractivity contribution is 5.93. The monoisotopic (exact) mass is 285 g/mol. The van der Waals surface area contributed by atoms with E-state index < -0.39 is 6.10 Å². The third kappa shape index (κ3) is 4.89. The van der Waals surface area contributed by atoms with Gasteiger partial charge in [0.15, 0.2) is 0 Å². The van der Waals surface area contributed by atoms with Crippen LogP contribution in [0.4, 0.5) is 5.69 Å². The van der Waals surface area contributed by atoms with Gasteiger partial charge in [0.05, 0.1) is 6.10 Å². The lowest BCUT2D eigenvalue weighted by molar-refractivity contribution is 0.0946. The van der Waals surface area contributed by atoms with E-state index in [1.54, 1.807) is 25.3 Å². The molecule has 1 aromatic carbocycles. The number of carbonyl (C=O) groups is 1. The predicted molar refractivity (Wildman–Crippen MR) is 82.0 cm³/mol. The number of benzene rings is 1. The quantitative estimate of drug-likeness (QED) is 0.756. The van der Waals surface area contributed by atoms with Gasteiger partial charge in [0, 0.05) is 25.0 Å². The first-order chi connectivity index (χ1) is 10.1. The van der Waals surface area contributed by atoms with Crippen molar-refractivity contribution in [3.8, 4) is 0 Å². The van der Waals surface area contributed by atoms with Crippen LogP contribution in [-0.2, 0) is 6.54 Å². The Bertz CT molecular complexity index is 585. The van der Waals surface area contributed by atoms with E-state index in [1.165, 1.54) is 0 Å². The van der Waals surface area contributed by atoms with Gasteiger partial charge >= 0.3 is 0 Å². The highest BCUT2D eigenvalue weighted by Crippen LogP contribution is 2.08. The molecule has 21 heavy (non-hydrogen) atoms. The van der Waals surface area contributed by atoms with E-state index in [2.05, 4.69) is 15.6 Å². The number of carbonyl (C=O) groups excluding carboxylic acids is 1. The first kappa shape index (κ1) is 15.0. The summed E-state index contributed by atoms with van der Waals surface area (Å²) >= 11 is 0. The smallest absolute Gasteiger partial charge is 0.270 e. The van der Waals surface area contributed by atoms with Crippen LogP contribution in [0.25, 0.3) is 0 Å². The van der Waals surface area contributed by atoms with Crippen molar-refractivity contribution in [2.24, 2.45) is 0 Å². The third-order valence-electron chi connectivity index (χ3n) is 2.89. The number of nitrogens with one attached hydrogen (secondary N) is 2. The lowest BCUT2D eigenvalue weighted by Gasteiger charge is -2.09. The molecule has 0 saturated carbocycles. The lowest BCUT2D eigenvalue weighted by atomic mass is 10.2. The van der Waals surface area contributed by atoms with Crippen LogP contribution in [0, 0.1) is 0 Å². The number of aliphatic hydroxyl groups excluding tert-OH is 1. The minimum absolute atomic E-state index is 0.223. The van der Waals surface area contributed by atoms with Crippen molar-refractivity contribution in [1.29, 1.82) is 0 Å². The van der Waals surface area contributed by atoms with Gasteiger partial charge in [-0.25, -0.2) is 0 Å². The second-order valence-electron chi connectivity index (χ2n) is 4.83. The van der Waals surface area contributed by atoms with Crippen molar-refractivity contribution in [3.05, 3.63) is 59.9 Å². The molecule has 1 heterocycles. The van der Waals surface area contributed by atoms with Gasteiger partial charge in [-0.15, -0.1) is 0 Å². The summed E-state index contributed by atoms with van der Waals surface area (Å²) in [5.41, 5.74) is 2.14. The van der Waals surface area contributed by atoms with Crippen molar-refractivity contribution in [3.63, 3.8) is 0 Å². The molecule has 0 aliphatic heterocycles. The minimum Gasteiger partial charge on any atom is -0.392 e. The molecule has 0 fully saturated rings. The maximum absolute atomic E-state index is 12.1. The molecule has 0 unspecified atom stereocenters. The number of hydrogen-bond acceptors (Lipinski definition) is 4. The fourth-order valence-corrected chi connectivity index (χ4v) is 1.80. The normalized spacial score (nSPS) is 11.7. The van der Waals surface area contributed by atoms with Crippen LogP contribution in [0.2, 0.25) is 0 Å². The number of nitrogens with zero attached hydrogens (tertiary/aromatic N) is 1. The molecule has 5 heteroatoms.